The highest BCUT2D eigenvalue weighted by Gasteiger charge is 2.15. The molecule has 108 valence electrons. The van der Waals surface area contributed by atoms with Crippen LogP contribution in [-0.4, -0.2) is 37.5 Å². The Kier molecular flexibility index (Phi) is 6.12. The zero-order valence-electron chi connectivity index (χ0n) is 12.2. The van der Waals surface area contributed by atoms with Gasteiger partial charge in [0.1, 0.15) is 5.75 Å². The maximum absolute atomic E-state index is 9.85. The Balaban J connectivity index is 2.70. The molecule has 0 saturated carbocycles. The first-order valence-electron chi connectivity index (χ1n) is 6.78. The Bertz CT molecular complexity index is 357. The Labute approximate surface area is 116 Å². The molecule has 3 N–H and O–H groups in total. The van der Waals surface area contributed by atoms with E-state index in [1.54, 1.807) is 7.11 Å². The Hall–Kier alpha value is -1.26. The van der Waals surface area contributed by atoms with Gasteiger partial charge in [-0.15, -0.1) is 0 Å². The van der Waals surface area contributed by atoms with Gasteiger partial charge in [-0.05, 0) is 57.5 Å². The van der Waals surface area contributed by atoms with Crippen LogP contribution in [0.2, 0.25) is 0 Å². The molecular formula is C15H26N2O2. The molecule has 19 heavy (non-hydrogen) atoms. The summed E-state index contributed by atoms with van der Waals surface area (Å²) >= 11 is 0. The summed E-state index contributed by atoms with van der Waals surface area (Å²) in [4.78, 5) is 2.25. The number of benzene rings is 1. The van der Waals surface area contributed by atoms with Crippen molar-refractivity contribution in [2.45, 2.75) is 32.3 Å². The zero-order valence-corrected chi connectivity index (χ0v) is 12.2. The van der Waals surface area contributed by atoms with Crippen LogP contribution >= 0.6 is 0 Å². The number of hydrogen-bond donors (Lipinski definition) is 2. The second-order valence-corrected chi connectivity index (χ2v) is 5.39. The molecule has 4 heteroatoms. The van der Waals surface area contributed by atoms with Gasteiger partial charge in [-0.2, -0.15) is 0 Å². The molecule has 0 aliphatic carbocycles. The number of nitrogens with zero attached hydrogens (tertiary/aromatic N) is 1. The average Bonchev–Trinajstić information content (AvgIpc) is 2.38. The van der Waals surface area contributed by atoms with E-state index in [0.717, 1.165) is 37.4 Å². The minimum Gasteiger partial charge on any atom is -0.497 e. The number of anilines is 1. The van der Waals surface area contributed by atoms with Crippen molar-refractivity contribution in [3.05, 3.63) is 24.3 Å². The van der Waals surface area contributed by atoms with Crippen molar-refractivity contribution in [2.24, 2.45) is 5.73 Å². The van der Waals surface area contributed by atoms with E-state index in [-0.39, 0.29) is 0 Å². The van der Waals surface area contributed by atoms with Crippen LogP contribution in [0.15, 0.2) is 24.3 Å². The highest BCUT2D eigenvalue weighted by atomic mass is 16.5. The lowest BCUT2D eigenvalue weighted by molar-refractivity contribution is 0.0731. The van der Waals surface area contributed by atoms with E-state index in [1.165, 1.54) is 0 Å². The van der Waals surface area contributed by atoms with Crippen LogP contribution in [0.25, 0.3) is 0 Å². The summed E-state index contributed by atoms with van der Waals surface area (Å²) in [5, 5.41) is 9.85. The van der Waals surface area contributed by atoms with Crippen LogP contribution in [0, 0.1) is 0 Å². The molecule has 0 aromatic heterocycles. The van der Waals surface area contributed by atoms with Gasteiger partial charge in [-0.25, -0.2) is 0 Å². The number of rotatable bonds is 8. The van der Waals surface area contributed by atoms with Crippen molar-refractivity contribution < 1.29 is 9.84 Å². The van der Waals surface area contributed by atoms with Crippen LogP contribution in [0.1, 0.15) is 26.7 Å². The van der Waals surface area contributed by atoms with Gasteiger partial charge in [0, 0.05) is 18.8 Å². The second-order valence-electron chi connectivity index (χ2n) is 5.39. The van der Waals surface area contributed by atoms with Gasteiger partial charge in [0.25, 0.3) is 0 Å². The topological polar surface area (TPSA) is 58.7 Å². The third kappa shape index (κ3) is 5.94. The number of nitrogens with two attached hydrogens (primary N) is 1. The van der Waals surface area contributed by atoms with Gasteiger partial charge >= 0.3 is 0 Å². The van der Waals surface area contributed by atoms with Crippen LogP contribution in [0.4, 0.5) is 5.69 Å². The van der Waals surface area contributed by atoms with Gasteiger partial charge in [0.15, 0.2) is 0 Å². The summed E-state index contributed by atoms with van der Waals surface area (Å²) in [5.41, 5.74) is 6.08. The molecule has 0 bridgehead atoms. The van der Waals surface area contributed by atoms with Crippen molar-refractivity contribution >= 4 is 5.69 Å². The van der Waals surface area contributed by atoms with E-state index >= 15 is 0 Å². The molecule has 0 saturated heterocycles. The number of hydrogen-bond acceptors (Lipinski definition) is 4. The molecule has 1 rings (SSSR count). The summed E-state index contributed by atoms with van der Waals surface area (Å²) in [5.74, 6) is 0.852. The van der Waals surface area contributed by atoms with Crippen LogP contribution in [-0.2, 0) is 0 Å². The summed E-state index contributed by atoms with van der Waals surface area (Å²) in [6, 6.07) is 7.99. The maximum atomic E-state index is 9.85. The first kappa shape index (κ1) is 15.8. The zero-order chi connectivity index (χ0) is 14.3. The van der Waals surface area contributed by atoms with Crippen LogP contribution in [0.3, 0.4) is 0 Å². The molecule has 0 unspecified atom stereocenters. The standard InChI is InChI=1S/C15H26N2O2/c1-15(2,18)9-12-17(11-4-10-16)13-5-7-14(19-3)8-6-13/h5-8,18H,4,9-12,16H2,1-3H3. The lowest BCUT2D eigenvalue weighted by atomic mass is 10.1. The molecular weight excluding hydrogens is 240 g/mol. The average molecular weight is 266 g/mol. The van der Waals surface area contributed by atoms with Crippen molar-refractivity contribution in [1.82, 2.24) is 0 Å². The molecule has 0 spiro atoms. The van der Waals surface area contributed by atoms with Gasteiger partial charge in [0.2, 0.25) is 0 Å². The predicted octanol–water partition coefficient (Wildman–Crippen LogP) is 2.01. The molecule has 0 atom stereocenters. The lowest BCUT2D eigenvalue weighted by Gasteiger charge is -2.28. The maximum Gasteiger partial charge on any atom is 0.119 e. The van der Waals surface area contributed by atoms with Crippen LogP contribution < -0.4 is 15.4 Å². The molecule has 4 nitrogen and oxygen atoms in total. The highest BCUT2D eigenvalue weighted by Crippen LogP contribution is 2.21. The fourth-order valence-corrected chi connectivity index (χ4v) is 1.85. The fourth-order valence-electron chi connectivity index (χ4n) is 1.85. The SMILES string of the molecule is COc1ccc(N(CCCN)CCC(C)(C)O)cc1. The second kappa shape index (κ2) is 7.36. The number of aliphatic hydroxyl groups is 1. The molecule has 0 aliphatic heterocycles. The minimum absolute atomic E-state index is 0.645. The first-order valence-corrected chi connectivity index (χ1v) is 6.78. The molecule has 0 amide bonds. The summed E-state index contributed by atoms with van der Waals surface area (Å²) < 4.78 is 5.17. The van der Waals surface area contributed by atoms with Crippen LogP contribution in [0.5, 0.6) is 5.75 Å². The van der Waals surface area contributed by atoms with Crippen molar-refractivity contribution in [1.29, 1.82) is 0 Å². The molecule has 1 aromatic rings. The molecule has 0 radical (unpaired) electrons. The third-order valence-electron chi connectivity index (χ3n) is 3.06. The monoisotopic (exact) mass is 266 g/mol. The van der Waals surface area contributed by atoms with Crippen molar-refractivity contribution in [2.75, 3.05) is 31.6 Å². The largest absolute Gasteiger partial charge is 0.497 e. The van der Waals surface area contributed by atoms with E-state index in [4.69, 9.17) is 10.5 Å². The molecule has 0 heterocycles. The van der Waals surface area contributed by atoms with E-state index in [9.17, 15) is 5.11 Å². The van der Waals surface area contributed by atoms with Gasteiger partial charge in [0.05, 0.1) is 12.7 Å². The fraction of sp³-hybridized carbons (Fsp3) is 0.600. The number of ether oxygens (including phenoxy) is 1. The smallest absolute Gasteiger partial charge is 0.119 e. The summed E-state index contributed by atoms with van der Waals surface area (Å²) in [7, 11) is 1.66. The van der Waals surface area contributed by atoms with E-state index in [0.29, 0.717) is 6.54 Å². The number of methoxy groups -OCH3 is 1. The summed E-state index contributed by atoms with van der Waals surface area (Å²) in [6.45, 7) is 6.06. The van der Waals surface area contributed by atoms with Gasteiger partial charge in [-0.3, -0.25) is 0 Å². The van der Waals surface area contributed by atoms with Gasteiger partial charge in [-0.1, -0.05) is 0 Å². The lowest BCUT2D eigenvalue weighted by Crippen LogP contribution is -2.32. The third-order valence-corrected chi connectivity index (χ3v) is 3.06. The Morgan fingerprint density at radius 2 is 1.84 bits per heavy atom. The highest BCUT2D eigenvalue weighted by molar-refractivity contribution is 5.49. The Morgan fingerprint density at radius 3 is 2.32 bits per heavy atom. The van der Waals surface area contributed by atoms with E-state index < -0.39 is 5.60 Å². The Morgan fingerprint density at radius 1 is 1.21 bits per heavy atom. The van der Waals surface area contributed by atoms with Crippen molar-refractivity contribution in [3.63, 3.8) is 0 Å². The normalized spacial score (nSPS) is 11.4. The van der Waals surface area contributed by atoms with E-state index in [1.807, 2.05) is 38.1 Å². The summed E-state index contributed by atoms with van der Waals surface area (Å²) in [6.07, 6.45) is 1.67. The minimum atomic E-state index is -0.645. The quantitative estimate of drug-likeness (QED) is 0.755. The molecule has 0 aliphatic rings. The molecule has 0 fully saturated rings. The first-order chi connectivity index (χ1) is 8.96. The predicted molar refractivity (Wildman–Crippen MR) is 79.8 cm³/mol. The molecule has 1 aromatic carbocycles. The van der Waals surface area contributed by atoms with E-state index in [2.05, 4.69) is 4.90 Å². The van der Waals surface area contributed by atoms with Crippen molar-refractivity contribution in [3.8, 4) is 5.75 Å². The van der Waals surface area contributed by atoms with Gasteiger partial charge < -0.3 is 20.5 Å².